The van der Waals surface area contributed by atoms with Gasteiger partial charge < -0.3 is 14.3 Å². The van der Waals surface area contributed by atoms with Crippen LogP contribution in [-0.4, -0.2) is 11.1 Å². The Morgan fingerprint density at radius 3 is 2.50 bits per heavy atom. The summed E-state index contributed by atoms with van der Waals surface area (Å²) in [5.41, 5.74) is 1.10. The smallest absolute Gasteiger partial charge is 0.338 e. The number of hydrogen-bond acceptors (Lipinski definition) is 5. The van der Waals surface area contributed by atoms with Gasteiger partial charge in [-0.25, -0.2) is 4.79 Å². The van der Waals surface area contributed by atoms with Crippen LogP contribution in [-0.2, 0) is 4.79 Å². The molecule has 5 nitrogen and oxygen atoms in total. The van der Waals surface area contributed by atoms with Gasteiger partial charge in [0.05, 0.1) is 5.39 Å². The predicted molar refractivity (Wildman–Crippen MR) is 90.0 cm³/mol. The zero-order valence-electron chi connectivity index (χ0n) is 12.9. The summed E-state index contributed by atoms with van der Waals surface area (Å²) in [4.78, 5) is 23.6. The maximum absolute atomic E-state index is 12.2. The summed E-state index contributed by atoms with van der Waals surface area (Å²) in [5.74, 6) is 0.266. The van der Waals surface area contributed by atoms with Crippen molar-refractivity contribution in [1.82, 2.24) is 0 Å². The van der Waals surface area contributed by atoms with Crippen molar-refractivity contribution in [3.8, 4) is 22.8 Å². The van der Waals surface area contributed by atoms with Crippen molar-refractivity contribution in [2.24, 2.45) is 0 Å². The van der Waals surface area contributed by atoms with Gasteiger partial charge in [-0.05, 0) is 49.4 Å². The summed E-state index contributed by atoms with van der Waals surface area (Å²) < 4.78 is 10.8. The SMILES string of the molecule is C=C(C)C(=O)Oc1ccc(-c2cc(=O)c3cc(O)ccc3o2)cc1. The molecule has 3 aromatic rings. The largest absolute Gasteiger partial charge is 0.508 e. The molecule has 0 spiro atoms. The molecule has 0 fully saturated rings. The lowest BCUT2D eigenvalue weighted by molar-refractivity contribution is -0.130. The van der Waals surface area contributed by atoms with Crippen molar-refractivity contribution in [1.29, 1.82) is 0 Å². The molecule has 5 heteroatoms. The van der Waals surface area contributed by atoms with Crippen LogP contribution >= 0.6 is 0 Å². The van der Waals surface area contributed by atoms with Crippen molar-refractivity contribution < 1.29 is 19.1 Å². The Kier molecular flexibility index (Phi) is 3.92. The number of benzene rings is 2. The summed E-state index contributed by atoms with van der Waals surface area (Å²) >= 11 is 0. The van der Waals surface area contributed by atoms with Gasteiger partial charge in [-0.1, -0.05) is 6.58 Å². The van der Waals surface area contributed by atoms with E-state index in [-0.39, 0.29) is 11.2 Å². The fourth-order valence-electron chi connectivity index (χ4n) is 2.17. The Balaban J connectivity index is 1.96. The van der Waals surface area contributed by atoms with Crippen LogP contribution in [0.4, 0.5) is 0 Å². The maximum atomic E-state index is 12.2. The molecule has 1 heterocycles. The summed E-state index contributed by atoms with van der Waals surface area (Å²) in [5, 5.41) is 9.77. The summed E-state index contributed by atoms with van der Waals surface area (Å²) in [6, 6.07) is 12.3. The first-order valence-electron chi connectivity index (χ1n) is 7.19. The van der Waals surface area contributed by atoms with Crippen molar-refractivity contribution in [2.45, 2.75) is 6.92 Å². The van der Waals surface area contributed by atoms with E-state index in [1.54, 1.807) is 37.3 Å². The second kappa shape index (κ2) is 6.04. The first kappa shape index (κ1) is 15.6. The number of ether oxygens (including phenoxy) is 1. The number of fused-ring (bicyclic) bond motifs is 1. The van der Waals surface area contributed by atoms with E-state index >= 15 is 0 Å². The molecule has 0 saturated carbocycles. The molecule has 0 unspecified atom stereocenters. The van der Waals surface area contributed by atoms with E-state index in [1.807, 2.05) is 0 Å². The van der Waals surface area contributed by atoms with Crippen molar-refractivity contribution >= 4 is 16.9 Å². The molecular weight excluding hydrogens is 308 g/mol. The van der Waals surface area contributed by atoms with E-state index in [1.165, 1.54) is 18.2 Å². The van der Waals surface area contributed by atoms with Gasteiger partial charge in [0.15, 0.2) is 5.43 Å². The minimum atomic E-state index is -0.500. The third kappa shape index (κ3) is 3.05. The number of carbonyl (C=O) groups is 1. The Morgan fingerprint density at radius 1 is 1.12 bits per heavy atom. The summed E-state index contributed by atoms with van der Waals surface area (Å²) in [7, 11) is 0. The highest BCUT2D eigenvalue weighted by Gasteiger charge is 2.09. The Hall–Kier alpha value is -3.34. The van der Waals surface area contributed by atoms with Crippen molar-refractivity contribution in [2.75, 3.05) is 0 Å². The van der Waals surface area contributed by atoms with E-state index in [9.17, 15) is 14.7 Å². The van der Waals surface area contributed by atoms with E-state index in [0.717, 1.165) is 0 Å². The molecule has 0 bridgehead atoms. The average Bonchev–Trinajstić information content (AvgIpc) is 2.56. The molecule has 2 aromatic carbocycles. The van der Waals surface area contributed by atoms with E-state index in [4.69, 9.17) is 9.15 Å². The van der Waals surface area contributed by atoms with Crippen LogP contribution in [0.25, 0.3) is 22.3 Å². The van der Waals surface area contributed by atoms with Crippen LogP contribution in [0.5, 0.6) is 11.5 Å². The molecule has 1 N–H and O–H groups in total. The molecule has 3 rings (SSSR count). The fraction of sp³-hybridized carbons (Fsp3) is 0.0526. The van der Waals surface area contributed by atoms with Gasteiger partial charge in [-0.15, -0.1) is 0 Å². The van der Waals surface area contributed by atoms with Crippen molar-refractivity contribution in [3.05, 3.63) is 70.9 Å². The molecule has 0 amide bonds. The van der Waals surface area contributed by atoms with Gasteiger partial charge >= 0.3 is 5.97 Å². The Bertz CT molecular complexity index is 996. The highest BCUT2D eigenvalue weighted by Crippen LogP contribution is 2.26. The fourth-order valence-corrected chi connectivity index (χ4v) is 2.17. The lowest BCUT2D eigenvalue weighted by atomic mass is 10.1. The van der Waals surface area contributed by atoms with E-state index < -0.39 is 5.97 Å². The zero-order valence-corrected chi connectivity index (χ0v) is 12.9. The number of rotatable bonds is 3. The number of phenols is 1. The molecule has 1 aromatic heterocycles. The van der Waals surface area contributed by atoms with Gasteiger partial charge in [-0.3, -0.25) is 4.79 Å². The Morgan fingerprint density at radius 2 is 1.83 bits per heavy atom. The van der Waals surface area contributed by atoms with E-state index in [2.05, 4.69) is 6.58 Å². The van der Waals surface area contributed by atoms with Crippen LogP contribution in [0.2, 0.25) is 0 Å². The van der Waals surface area contributed by atoms with Crippen LogP contribution in [0.15, 0.2) is 69.9 Å². The standard InChI is InChI=1S/C19H14O5/c1-11(2)19(22)23-14-6-3-12(4-7-14)18-10-16(21)15-9-13(20)5-8-17(15)24-18/h3-10,20H,1H2,2H3. The van der Waals surface area contributed by atoms with Gasteiger partial charge in [0.2, 0.25) is 0 Å². The minimum Gasteiger partial charge on any atom is -0.508 e. The maximum Gasteiger partial charge on any atom is 0.338 e. The first-order chi connectivity index (χ1) is 11.4. The Labute approximate surface area is 137 Å². The second-order valence-corrected chi connectivity index (χ2v) is 5.35. The molecule has 0 radical (unpaired) electrons. The quantitative estimate of drug-likeness (QED) is 0.452. The number of aromatic hydroxyl groups is 1. The highest BCUT2D eigenvalue weighted by molar-refractivity contribution is 5.88. The van der Waals surface area contributed by atoms with Crippen LogP contribution < -0.4 is 10.2 Å². The molecule has 0 aliphatic rings. The molecule has 24 heavy (non-hydrogen) atoms. The monoisotopic (exact) mass is 322 g/mol. The number of carbonyl (C=O) groups excluding carboxylic acids is 1. The third-order valence-corrected chi connectivity index (χ3v) is 3.41. The summed E-state index contributed by atoms with van der Waals surface area (Å²) in [6.45, 7) is 5.09. The van der Waals surface area contributed by atoms with Crippen LogP contribution in [0.1, 0.15) is 6.92 Å². The highest BCUT2D eigenvalue weighted by atomic mass is 16.5. The third-order valence-electron chi connectivity index (χ3n) is 3.41. The number of esters is 1. The van der Waals surface area contributed by atoms with Gasteiger partial charge in [0.25, 0.3) is 0 Å². The lowest BCUT2D eigenvalue weighted by Crippen LogP contribution is -2.07. The minimum absolute atomic E-state index is 0.00577. The zero-order chi connectivity index (χ0) is 17.3. The van der Waals surface area contributed by atoms with Gasteiger partial charge in [-0.2, -0.15) is 0 Å². The number of hydrogen-bond donors (Lipinski definition) is 1. The molecule has 0 atom stereocenters. The van der Waals surface area contributed by atoms with Gasteiger partial charge in [0.1, 0.15) is 22.8 Å². The lowest BCUT2D eigenvalue weighted by Gasteiger charge is -2.06. The molecule has 0 saturated heterocycles. The molecule has 0 aliphatic carbocycles. The summed E-state index contributed by atoms with van der Waals surface area (Å²) in [6.07, 6.45) is 0. The first-order valence-corrected chi connectivity index (χ1v) is 7.19. The van der Waals surface area contributed by atoms with E-state index in [0.29, 0.717) is 33.6 Å². The topological polar surface area (TPSA) is 76.7 Å². The molecular formula is C19H14O5. The predicted octanol–water partition coefficient (Wildman–Crippen LogP) is 3.65. The van der Waals surface area contributed by atoms with Crippen LogP contribution in [0.3, 0.4) is 0 Å². The molecule has 120 valence electrons. The second-order valence-electron chi connectivity index (χ2n) is 5.35. The molecule has 0 aliphatic heterocycles. The average molecular weight is 322 g/mol. The van der Waals surface area contributed by atoms with Crippen molar-refractivity contribution in [3.63, 3.8) is 0 Å². The number of phenolic OH excluding ortho intramolecular Hbond substituents is 1. The van der Waals surface area contributed by atoms with Crippen LogP contribution in [0, 0.1) is 0 Å². The normalized spacial score (nSPS) is 10.5. The van der Waals surface area contributed by atoms with Gasteiger partial charge in [0, 0.05) is 17.2 Å².